The summed E-state index contributed by atoms with van der Waals surface area (Å²) in [6.45, 7) is 4.43. The van der Waals surface area contributed by atoms with Crippen molar-refractivity contribution < 1.29 is 19.1 Å². The fourth-order valence-corrected chi connectivity index (χ4v) is 3.08. The first-order valence-electron chi connectivity index (χ1n) is 9.01. The Bertz CT molecular complexity index is 635. The lowest BCUT2D eigenvalue weighted by atomic mass is 9.97. The average molecular weight is 361 g/mol. The van der Waals surface area contributed by atoms with Gasteiger partial charge in [0.2, 0.25) is 11.8 Å². The maximum absolute atomic E-state index is 12.9. The second-order valence-corrected chi connectivity index (χ2v) is 6.66. The first-order chi connectivity index (χ1) is 12.4. The summed E-state index contributed by atoms with van der Waals surface area (Å²) in [7, 11) is 0. The minimum atomic E-state index is -0.747. The van der Waals surface area contributed by atoms with Gasteiger partial charge in [0.05, 0.1) is 0 Å². The SMILES string of the molecule is CCC(C)[C@H](NC(=O)OCc1ccccc1)C(=O)N1CCC[C@H]1C(N)=O. The molecule has 0 bridgehead atoms. The molecule has 1 aromatic rings. The molecule has 142 valence electrons. The summed E-state index contributed by atoms with van der Waals surface area (Å²) < 4.78 is 5.23. The van der Waals surface area contributed by atoms with Crippen molar-refractivity contribution in [3.8, 4) is 0 Å². The van der Waals surface area contributed by atoms with Gasteiger partial charge in [-0.15, -0.1) is 0 Å². The number of nitrogens with zero attached hydrogens (tertiary/aromatic N) is 1. The van der Waals surface area contributed by atoms with E-state index in [4.69, 9.17) is 10.5 Å². The molecule has 3 N–H and O–H groups in total. The molecule has 0 radical (unpaired) electrons. The Balaban J connectivity index is 2.01. The molecule has 3 atom stereocenters. The number of carbonyl (C=O) groups excluding carboxylic acids is 3. The summed E-state index contributed by atoms with van der Waals surface area (Å²) in [5, 5.41) is 2.67. The van der Waals surface area contributed by atoms with E-state index in [1.54, 1.807) is 0 Å². The van der Waals surface area contributed by atoms with E-state index in [2.05, 4.69) is 5.32 Å². The fourth-order valence-electron chi connectivity index (χ4n) is 3.08. The highest BCUT2D eigenvalue weighted by Crippen LogP contribution is 2.21. The minimum Gasteiger partial charge on any atom is -0.445 e. The predicted molar refractivity (Wildman–Crippen MR) is 96.9 cm³/mol. The molecular formula is C19H27N3O4. The van der Waals surface area contributed by atoms with Crippen LogP contribution < -0.4 is 11.1 Å². The number of likely N-dealkylation sites (tertiary alicyclic amines) is 1. The fraction of sp³-hybridized carbons (Fsp3) is 0.526. The third-order valence-electron chi connectivity index (χ3n) is 4.83. The van der Waals surface area contributed by atoms with Gasteiger partial charge in [0.1, 0.15) is 18.7 Å². The minimum absolute atomic E-state index is 0.0964. The van der Waals surface area contributed by atoms with Crippen molar-refractivity contribution in [2.45, 2.75) is 51.8 Å². The summed E-state index contributed by atoms with van der Waals surface area (Å²) in [6, 6.07) is 7.96. The third kappa shape index (κ3) is 4.97. The zero-order valence-corrected chi connectivity index (χ0v) is 15.3. The van der Waals surface area contributed by atoms with E-state index in [1.165, 1.54) is 4.90 Å². The Hall–Kier alpha value is -2.57. The van der Waals surface area contributed by atoms with Gasteiger partial charge in [0.15, 0.2) is 0 Å². The number of ether oxygens (including phenoxy) is 1. The van der Waals surface area contributed by atoms with Gasteiger partial charge in [0.25, 0.3) is 0 Å². The van der Waals surface area contributed by atoms with Crippen LogP contribution in [0.15, 0.2) is 30.3 Å². The number of carbonyl (C=O) groups is 3. The average Bonchev–Trinajstić information content (AvgIpc) is 3.14. The number of hydrogen-bond donors (Lipinski definition) is 2. The summed E-state index contributed by atoms with van der Waals surface area (Å²) >= 11 is 0. The molecule has 0 saturated carbocycles. The zero-order chi connectivity index (χ0) is 19.1. The predicted octanol–water partition coefficient (Wildman–Crippen LogP) is 1.80. The molecule has 1 aliphatic rings. The van der Waals surface area contributed by atoms with Gasteiger partial charge >= 0.3 is 6.09 Å². The van der Waals surface area contributed by atoms with Gasteiger partial charge in [-0.05, 0) is 24.3 Å². The number of alkyl carbamates (subject to hydrolysis) is 1. The number of benzene rings is 1. The van der Waals surface area contributed by atoms with Crippen molar-refractivity contribution >= 4 is 17.9 Å². The quantitative estimate of drug-likeness (QED) is 0.773. The number of rotatable bonds is 7. The number of nitrogens with one attached hydrogen (secondary N) is 1. The van der Waals surface area contributed by atoms with E-state index in [9.17, 15) is 14.4 Å². The molecule has 0 aliphatic carbocycles. The first kappa shape index (κ1) is 19.8. The van der Waals surface area contributed by atoms with Crippen molar-refractivity contribution in [3.63, 3.8) is 0 Å². The van der Waals surface area contributed by atoms with Gasteiger partial charge in [0, 0.05) is 6.54 Å². The van der Waals surface area contributed by atoms with Crippen LogP contribution in [0.1, 0.15) is 38.7 Å². The molecular weight excluding hydrogens is 334 g/mol. The standard InChI is InChI=1S/C19H27N3O4/c1-3-13(2)16(18(24)22-11-7-10-15(22)17(20)23)21-19(25)26-12-14-8-5-4-6-9-14/h4-6,8-9,13,15-16H,3,7,10-12H2,1-2H3,(H2,20,23)(H,21,25)/t13?,15-,16-/m0/s1. The highest BCUT2D eigenvalue weighted by Gasteiger charge is 2.38. The molecule has 2 rings (SSSR count). The third-order valence-corrected chi connectivity index (χ3v) is 4.83. The normalized spacial score (nSPS) is 18.8. The molecule has 0 aromatic heterocycles. The first-order valence-corrected chi connectivity index (χ1v) is 9.01. The summed E-state index contributed by atoms with van der Waals surface area (Å²) in [6.07, 6.45) is 1.34. The highest BCUT2D eigenvalue weighted by molar-refractivity contribution is 5.91. The molecule has 1 saturated heterocycles. The number of primary amides is 1. The maximum Gasteiger partial charge on any atom is 0.408 e. The van der Waals surface area contributed by atoms with Crippen LogP contribution in [0.3, 0.4) is 0 Å². The van der Waals surface area contributed by atoms with Crippen LogP contribution in [-0.4, -0.2) is 41.4 Å². The van der Waals surface area contributed by atoms with Crippen molar-refractivity contribution in [1.82, 2.24) is 10.2 Å². The van der Waals surface area contributed by atoms with Crippen molar-refractivity contribution in [2.24, 2.45) is 11.7 Å². The second kappa shape index (κ2) is 9.22. The van der Waals surface area contributed by atoms with Crippen LogP contribution in [0.25, 0.3) is 0 Å². The van der Waals surface area contributed by atoms with Crippen LogP contribution in [0.4, 0.5) is 4.79 Å². The van der Waals surface area contributed by atoms with Gasteiger partial charge in [-0.25, -0.2) is 4.79 Å². The monoisotopic (exact) mass is 361 g/mol. The maximum atomic E-state index is 12.9. The molecule has 3 amide bonds. The molecule has 1 aromatic carbocycles. The molecule has 0 spiro atoms. The van der Waals surface area contributed by atoms with E-state index >= 15 is 0 Å². The van der Waals surface area contributed by atoms with E-state index in [-0.39, 0.29) is 18.4 Å². The van der Waals surface area contributed by atoms with Crippen LogP contribution in [0.2, 0.25) is 0 Å². The summed E-state index contributed by atoms with van der Waals surface area (Å²) in [5.41, 5.74) is 6.27. The van der Waals surface area contributed by atoms with Gasteiger partial charge in [-0.1, -0.05) is 50.6 Å². The van der Waals surface area contributed by atoms with Crippen LogP contribution in [0, 0.1) is 5.92 Å². The van der Waals surface area contributed by atoms with E-state index in [0.29, 0.717) is 19.4 Å². The lowest BCUT2D eigenvalue weighted by Gasteiger charge is -2.30. The Morgan fingerprint density at radius 1 is 1.31 bits per heavy atom. The molecule has 1 unspecified atom stereocenters. The van der Waals surface area contributed by atoms with Crippen molar-refractivity contribution in [2.75, 3.05) is 6.54 Å². The lowest BCUT2D eigenvalue weighted by Crippen LogP contribution is -2.55. The van der Waals surface area contributed by atoms with Gasteiger partial charge < -0.3 is 20.7 Å². The second-order valence-electron chi connectivity index (χ2n) is 6.66. The topological polar surface area (TPSA) is 102 Å². The molecule has 26 heavy (non-hydrogen) atoms. The molecule has 1 heterocycles. The van der Waals surface area contributed by atoms with Crippen LogP contribution >= 0.6 is 0 Å². The number of amides is 3. The molecule has 7 heteroatoms. The number of nitrogens with two attached hydrogens (primary N) is 1. The van der Waals surface area contributed by atoms with Crippen molar-refractivity contribution in [3.05, 3.63) is 35.9 Å². The Morgan fingerprint density at radius 3 is 2.62 bits per heavy atom. The number of hydrogen-bond acceptors (Lipinski definition) is 4. The van der Waals surface area contributed by atoms with E-state index in [0.717, 1.165) is 12.0 Å². The Labute approximate surface area is 153 Å². The highest BCUT2D eigenvalue weighted by atomic mass is 16.5. The molecule has 1 fully saturated rings. The van der Waals surface area contributed by atoms with E-state index in [1.807, 2.05) is 44.2 Å². The van der Waals surface area contributed by atoms with Crippen molar-refractivity contribution in [1.29, 1.82) is 0 Å². The Morgan fingerprint density at radius 2 is 2.00 bits per heavy atom. The lowest BCUT2D eigenvalue weighted by molar-refractivity contribution is -0.139. The van der Waals surface area contributed by atoms with Gasteiger partial charge in [-0.2, -0.15) is 0 Å². The Kier molecular flexibility index (Phi) is 7.00. The smallest absolute Gasteiger partial charge is 0.408 e. The summed E-state index contributed by atoms with van der Waals surface area (Å²) in [4.78, 5) is 38.2. The molecule has 7 nitrogen and oxygen atoms in total. The summed E-state index contributed by atoms with van der Waals surface area (Å²) in [5.74, 6) is -0.886. The van der Waals surface area contributed by atoms with Gasteiger partial charge in [-0.3, -0.25) is 9.59 Å². The van der Waals surface area contributed by atoms with E-state index < -0.39 is 24.1 Å². The molecule has 1 aliphatic heterocycles. The van der Waals surface area contributed by atoms with Crippen LogP contribution in [0.5, 0.6) is 0 Å². The van der Waals surface area contributed by atoms with Crippen LogP contribution in [-0.2, 0) is 20.9 Å². The zero-order valence-electron chi connectivity index (χ0n) is 15.3. The largest absolute Gasteiger partial charge is 0.445 e.